The fraction of sp³-hybridized carbons (Fsp3) is 0.476. The number of nitrogens with zero attached hydrogens (tertiary/aromatic N) is 2. The Hall–Kier alpha value is -0.690. The number of piperidine rings is 1. The first kappa shape index (κ1) is 22.5. The molecular weight excluding hydrogens is 507 g/mol. The molecule has 5 nitrogen and oxygen atoms in total. The topological polar surface area (TPSA) is 51.7 Å². The minimum absolute atomic E-state index is 0.330. The highest BCUT2D eigenvalue weighted by atomic mass is 79.9. The van der Waals surface area contributed by atoms with E-state index in [9.17, 15) is 4.57 Å². The predicted molar refractivity (Wildman–Crippen MR) is 130 cm³/mol. The van der Waals surface area contributed by atoms with E-state index in [4.69, 9.17) is 20.6 Å². The van der Waals surface area contributed by atoms with Gasteiger partial charge in [-0.1, -0.05) is 27.5 Å². The van der Waals surface area contributed by atoms with Crippen LogP contribution in [0.2, 0.25) is 5.15 Å². The molecule has 4 rings (SSSR count). The second kappa shape index (κ2) is 9.43. The molecule has 1 aliphatic rings. The van der Waals surface area contributed by atoms with Gasteiger partial charge in [0.15, 0.2) is 0 Å². The summed E-state index contributed by atoms with van der Waals surface area (Å²) < 4.78 is 27.3. The Kier molecular flexibility index (Phi) is 7.08. The molecule has 0 aliphatic carbocycles. The van der Waals surface area contributed by atoms with Crippen LogP contribution in [0.1, 0.15) is 26.7 Å². The van der Waals surface area contributed by atoms with Gasteiger partial charge in [0.25, 0.3) is 0 Å². The lowest BCUT2D eigenvalue weighted by molar-refractivity contribution is 0.213. The third-order valence-electron chi connectivity index (χ3n) is 5.42. The number of benzene rings is 1. The largest absolute Gasteiger partial charge is 0.370 e. The molecule has 1 aromatic carbocycles. The number of aromatic nitrogens is 1. The van der Waals surface area contributed by atoms with Gasteiger partial charge in [-0.2, -0.15) is 0 Å². The fourth-order valence-electron chi connectivity index (χ4n) is 4.10. The molecule has 0 bridgehead atoms. The highest BCUT2D eigenvalue weighted by Gasteiger charge is 2.31. The molecule has 0 atom stereocenters. The monoisotopic (exact) mass is 530 g/mol. The quantitative estimate of drug-likeness (QED) is 0.236. The summed E-state index contributed by atoms with van der Waals surface area (Å²) in [5, 5.41) is 1.63. The van der Waals surface area contributed by atoms with E-state index in [1.54, 1.807) is 11.3 Å². The Morgan fingerprint density at radius 1 is 1.23 bits per heavy atom. The van der Waals surface area contributed by atoms with E-state index in [-0.39, 0.29) is 0 Å². The van der Waals surface area contributed by atoms with Crippen molar-refractivity contribution >= 4 is 72.5 Å². The van der Waals surface area contributed by atoms with Gasteiger partial charge >= 0.3 is 7.60 Å². The lowest BCUT2D eigenvalue weighted by atomic mass is 9.98. The van der Waals surface area contributed by atoms with Gasteiger partial charge in [0.1, 0.15) is 5.15 Å². The number of hydrogen-bond acceptors (Lipinski definition) is 6. The number of halogens is 2. The van der Waals surface area contributed by atoms with Crippen LogP contribution in [-0.4, -0.2) is 37.4 Å². The van der Waals surface area contributed by atoms with E-state index in [0.717, 1.165) is 47.0 Å². The van der Waals surface area contributed by atoms with E-state index in [0.29, 0.717) is 30.4 Å². The van der Waals surface area contributed by atoms with Gasteiger partial charge in [0.2, 0.25) is 0 Å². The normalized spacial score (nSPS) is 16.1. The Morgan fingerprint density at radius 2 is 1.93 bits per heavy atom. The van der Waals surface area contributed by atoms with Crippen molar-refractivity contribution in [2.45, 2.75) is 26.7 Å². The van der Waals surface area contributed by atoms with Crippen molar-refractivity contribution in [2.75, 3.05) is 37.4 Å². The maximum Gasteiger partial charge on any atom is 0.330 e. The number of rotatable bonds is 7. The number of fused-ring (bicyclic) bond motifs is 3. The first-order valence-electron chi connectivity index (χ1n) is 10.2. The average molecular weight is 532 g/mol. The fourth-order valence-corrected chi connectivity index (χ4v) is 7.89. The second-order valence-electron chi connectivity index (χ2n) is 7.44. The third kappa shape index (κ3) is 4.72. The summed E-state index contributed by atoms with van der Waals surface area (Å²) in [4.78, 5) is 7.00. The molecule has 3 heterocycles. The molecule has 0 saturated carbocycles. The molecule has 0 amide bonds. The summed E-state index contributed by atoms with van der Waals surface area (Å²) in [5.41, 5.74) is 2.09. The number of hydrogen-bond donors (Lipinski definition) is 0. The molecule has 9 heteroatoms. The molecule has 0 unspecified atom stereocenters. The SMILES string of the molecule is CCOP(=O)(CC1CCN(c2cc(Cl)nc3c2sc2ccc(Br)cc23)CC1)OCC. The summed E-state index contributed by atoms with van der Waals surface area (Å²) in [6, 6.07) is 8.25. The van der Waals surface area contributed by atoms with Gasteiger partial charge in [-0.3, -0.25) is 4.57 Å². The zero-order chi connectivity index (χ0) is 21.3. The van der Waals surface area contributed by atoms with Crippen LogP contribution in [0.3, 0.4) is 0 Å². The Morgan fingerprint density at radius 3 is 2.60 bits per heavy atom. The Bertz CT molecular complexity index is 1090. The van der Waals surface area contributed by atoms with Crippen LogP contribution in [0.25, 0.3) is 20.3 Å². The average Bonchev–Trinajstić information content (AvgIpc) is 3.06. The van der Waals surface area contributed by atoms with Crippen LogP contribution in [0.4, 0.5) is 5.69 Å². The zero-order valence-corrected chi connectivity index (χ0v) is 21.1. The van der Waals surface area contributed by atoms with Crippen molar-refractivity contribution in [3.05, 3.63) is 33.9 Å². The van der Waals surface area contributed by atoms with Gasteiger partial charge in [-0.15, -0.1) is 11.3 Å². The Balaban J connectivity index is 1.56. The predicted octanol–water partition coefficient (Wildman–Crippen LogP) is 7.35. The van der Waals surface area contributed by atoms with Crippen LogP contribution in [-0.2, 0) is 13.6 Å². The van der Waals surface area contributed by atoms with Gasteiger partial charge in [-0.25, -0.2) is 4.98 Å². The maximum atomic E-state index is 12.9. The van der Waals surface area contributed by atoms with E-state index in [2.05, 4.69) is 44.0 Å². The van der Waals surface area contributed by atoms with E-state index in [1.165, 1.54) is 9.40 Å². The Labute approximate surface area is 194 Å². The first-order chi connectivity index (χ1) is 14.4. The molecule has 0 radical (unpaired) electrons. The summed E-state index contributed by atoms with van der Waals surface area (Å²) in [7, 11) is -3.00. The van der Waals surface area contributed by atoms with E-state index < -0.39 is 7.60 Å². The summed E-state index contributed by atoms with van der Waals surface area (Å²) in [6.07, 6.45) is 2.38. The summed E-state index contributed by atoms with van der Waals surface area (Å²) in [6.45, 7) is 6.30. The standard InChI is InChI=1S/C21H25BrClN2O3PS/c1-3-27-29(26,28-4-2)13-14-7-9-25(10-8-14)17-12-19(23)24-20-16-11-15(22)5-6-18(16)30-21(17)20/h5-6,11-12,14H,3-4,7-10,13H2,1-2H3. The minimum Gasteiger partial charge on any atom is -0.370 e. The van der Waals surface area contributed by atoms with Crippen LogP contribution in [0.15, 0.2) is 28.7 Å². The molecule has 162 valence electrons. The van der Waals surface area contributed by atoms with E-state index >= 15 is 0 Å². The molecule has 1 fully saturated rings. The number of anilines is 1. The van der Waals surface area contributed by atoms with Gasteiger partial charge in [0, 0.05) is 33.7 Å². The van der Waals surface area contributed by atoms with Crippen LogP contribution in [0, 0.1) is 5.92 Å². The van der Waals surface area contributed by atoms with Crippen molar-refractivity contribution in [2.24, 2.45) is 5.92 Å². The van der Waals surface area contributed by atoms with Gasteiger partial charge in [0.05, 0.1) is 35.3 Å². The third-order valence-corrected chi connectivity index (χ3v) is 9.56. The molecule has 0 spiro atoms. The zero-order valence-electron chi connectivity index (χ0n) is 17.1. The van der Waals surface area contributed by atoms with Crippen molar-refractivity contribution in [1.29, 1.82) is 0 Å². The molecule has 30 heavy (non-hydrogen) atoms. The van der Waals surface area contributed by atoms with Crippen molar-refractivity contribution in [3.63, 3.8) is 0 Å². The molecule has 3 aromatic rings. The maximum absolute atomic E-state index is 12.9. The lowest BCUT2D eigenvalue weighted by Gasteiger charge is -2.34. The molecular formula is C21H25BrClN2O3PS. The van der Waals surface area contributed by atoms with Crippen LogP contribution >= 0.6 is 46.5 Å². The first-order valence-corrected chi connectivity index (χ1v) is 14.0. The van der Waals surface area contributed by atoms with E-state index in [1.807, 2.05) is 19.9 Å². The summed E-state index contributed by atoms with van der Waals surface area (Å²) >= 11 is 11.7. The van der Waals surface area contributed by atoms with Gasteiger partial charge in [-0.05, 0) is 50.8 Å². The molecule has 2 aromatic heterocycles. The molecule has 1 saturated heterocycles. The van der Waals surface area contributed by atoms with Crippen LogP contribution < -0.4 is 4.90 Å². The van der Waals surface area contributed by atoms with Crippen LogP contribution in [0.5, 0.6) is 0 Å². The smallest absolute Gasteiger partial charge is 0.330 e. The second-order valence-corrected chi connectivity index (χ2v) is 11.9. The lowest BCUT2D eigenvalue weighted by Crippen LogP contribution is -2.35. The highest BCUT2D eigenvalue weighted by molar-refractivity contribution is 9.10. The summed E-state index contributed by atoms with van der Waals surface area (Å²) in [5.74, 6) is 0.330. The van der Waals surface area contributed by atoms with Crippen molar-refractivity contribution in [3.8, 4) is 0 Å². The molecule has 1 aliphatic heterocycles. The molecule has 0 N–H and O–H groups in total. The number of pyridine rings is 1. The van der Waals surface area contributed by atoms with Gasteiger partial charge < -0.3 is 13.9 Å². The highest BCUT2D eigenvalue weighted by Crippen LogP contribution is 2.51. The minimum atomic E-state index is -3.00. The van der Waals surface area contributed by atoms with Crippen molar-refractivity contribution in [1.82, 2.24) is 4.98 Å². The van der Waals surface area contributed by atoms with Crippen molar-refractivity contribution < 1.29 is 13.6 Å². The number of thiophene rings is 1.